The molecule has 3 rings (SSSR count). The van der Waals surface area contributed by atoms with Crippen molar-refractivity contribution in [2.24, 2.45) is 0 Å². The van der Waals surface area contributed by atoms with Gasteiger partial charge in [0.1, 0.15) is 11.9 Å². The highest BCUT2D eigenvalue weighted by atomic mass is 35.5. The lowest BCUT2D eigenvalue weighted by Gasteiger charge is -2.45. The van der Waals surface area contributed by atoms with E-state index >= 15 is 0 Å². The van der Waals surface area contributed by atoms with Crippen LogP contribution in [0.15, 0.2) is 54.6 Å². The van der Waals surface area contributed by atoms with Crippen LogP contribution in [-0.4, -0.2) is 36.1 Å². The highest BCUT2D eigenvalue weighted by Crippen LogP contribution is 2.31. The maximum absolute atomic E-state index is 12.8. The van der Waals surface area contributed by atoms with Crippen LogP contribution in [0.25, 0.3) is 0 Å². The van der Waals surface area contributed by atoms with Crippen molar-refractivity contribution in [2.75, 3.05) is 19.8 Å². The number of halogens is 1. The second kappa shape index (κ2) is 8.11. The first-order valence-corrected chi connectivity index (χ1v) is 9.19. The minimum Gasteiger partial charge on any atom is -0.491 e. The molecule has 0 aromatic heterocycles. The third-order valence-electron chi connectivity index (χ3n) is 4.60. The van der Waals surface area contributed by atoms with Crippen molar-refractivity contribution in [3.8, 4) is 5.75 Å². The summed E-state index contributed by atoms with van der Waals surface area (Å²) in [7, 11) is 0. The normalized spacial score (nSPS) is 19.2. The quantitative estimate of drug-likeness (QED) is 0.775. The van der Waals surface area contributed by atoms with Gasteiger partial charge in [-0.2, -0.15) is 0 Å². The van der Waals surface area contributed by atoms with Crippen molar-refractivity contribution >= 4 is 17.5 Å². The van der Waals surface area contributed by atoms with Gasteiger partial charge in [-0.25, -0.2) is 0 Å². The Bertz CT molecular complexity index is 748. The Morgan fingerprint density at radius 1 is 1.19 bits per heavy atom. The largest absolute Gasteiger partial charge is 0.491 e. The predicted molar refractivity (Wildman–Crippen MR) is 102 cm³/mol. The number of carbonyl (C=O) groups excluding carboxylic acids is 1. The second-order valence-corrected chi connectivity index (χ2v) is 7.46. The van der Waals surface area contributed by atoms with Gasteiger partial charge in [0, 0.05) is 0 Å². The van der Waals surface area contributed by atoms with E-state index in [1.54, 1.807) is 12.1 Å². The second-order valence-electron chi connectivity index (χ2n) is 7.06. The van der Waals surface area contributed by atoms with Crippen LogP contribution < -0.4 is 4.74 Å². The molecule has 1 unspecified atom stereocenters. The Morgan fingerprint density at radius 2 is 1.88 bits per heavy atom. The van der Waals surface area contributed by atoms with Gasteiger partial charge in [0.25, 0.3) is 0 Å². The van der Waals surface area contributed by atoms with E-state index in [1.165, 1.54) is 0 Å². The minimum atomic E-state index is -0.341. The average molecular weight is 374 g/mol. The summed E-state index contributed by atoms with van der Waals surface area (Å²) in [5.41, 5.74) is 0.750. The summed E-state index contributed by atoms with van der Waals surface area (Å²) in [6.07, 6.45) is 0.202. The van der Waals surface area contributed by atoms with Crippen LogP contribution in [0.4, 0.5) is 0 Å². The third kappa shape index (κ3) is 4.37. The first kappa shape index (κ1) is 18.7. The predicted octanol–water partition coefficient (Wildman–Crippen LogP) is 4.49. The van der Waals surface area contributed by atoms with Gasteiger partial charge in [-0.3, -0.25) is 4.79 Å². The Hall–Kier alpha value is -2.04. The Kier molecular flexibility index (Phi) is 5.84. The molecule has 5 heteroatoms. The molecule has 0 spiro atoms. The molecule has 1 fully saturated rings. The smallest absolute Gasteiger partial charge is 0.226 e. The number of nitrogens with zero attached hydrogens (tertiary/aromatic N) is 1. The topological polar surface area (TPSA) is 38.8 Å². The Labute approximate surface area is 159 Å². The zero-order chi connectivity index (χ0) is 18.6. The number of rotatable bonds is 5. The lowest BCUT2D eigenvalue weighted by atomic mass is 9.97. The van der Waals surface area contributed by atoms with E-state index in [4.69, 9.17) is 21.1 Å². The SMILES string of the molecule is CC1(C)COC(c2ccccc2)CN1C(=O)CCOc1ccccc1Cl. The zero-order valence-electron chi connectivity index (χ0n) is 15.2. The maximum atomic E-state index is 12.8. The van der Waals surface area contributed by atoms with Crippen LogP contribution in [0.3, 0.4) is 0 Å². The summed E-state index contributed by atoms with van der Waals surface area (Å²) in [5.74, 6) is 0.664. The van der Waals surface area contributed by atoms with E-state index in [9.17, 15) is 4.79 Å². The number of hydrogen-bond donors (Lipinski definition) is 0. The molecule has 1 heterocycles. The molecule has 0 radical (unpaired) electrons. The van der Waals surface area contributed by atoms with E-state index in [0.717, 1.165) is 5.56 Å². The molecule has 1 saturated heterocycles. The van der Waals surface area contributed by atoms with Crippen molar-refractivity contribution in [1.29, 1.82) is 0 Å². The summed E-state index contributed by atoms with van der Waals surface area (Å²) in [6, 6.07) is 17.3. The fourth-order valence-electron chi connectivity index (χ4n) is 3.10. The number of carbonyl (C=O) groups is 1. The van der Waals surface area contributed by atoms with E-state index in [2.05, 4.69) is 0 Å². The van der Waals surface area contributed by atoms with Gasteiger partial charge in [-0.05, 0) is 31.5 Å². The van der Waals surface area contributed by atoms with Crippen molar-refractivity contribution in [1.82, 2.24) is 4.90 Å². The van der Waals surface area contributed by atoms with Crippen LogP contribution in [-0.2, 0) is 9.53 Å². The molecular formula is C21H24ClNO3. The number of amides is 1. The molecular weight excluding hydrogens is 350 g/mol. The van der Waals surface area contributed by atoms with Crippen molar-refractivity contribution < 1.29 is 14.3 Å². The molecule has 0 bridgehead atoms. The Morgan fingerprint density at radius 3 is 2.62 bits per heavy atom. The maximum Gasteiger partial charge on any atom is 0.226 e. The van der Waals surface area contributed by atoms with Crippen LogP contribution >= 0.6 is 11.6 Å². The molecule has 1 amide bonds. The minimum absolute atomic E-state index is 0.0614. The summed E-state index contributed by atoms with van der Waals surface area (Å²) in [4.78, 5) is 14.7. The third-order valence-corrected chi connectivity index (χ3v) is 4.91. The standard InChI is InChI=1S/C21H24ClNO3/c1-21(2)15-26-19(16-8-4-3-5-9-16)14-23(21)20(24)12-13-25-18-11-7-6-10-17(18)22/h3-11,19H,12-15H2,1-2H3. The van der Waals surface area contributed by atoms with Crippen LogP contribution in [0.5, 0.6) is 5.75 Å². The molecule has 1 aliphatic heterocycles. The monoisotopic (exact) mass is 373 g/mol. The van der Waals surface area contributed by atoms with Gasteiger partial charge in [0.15, 0.2) is 0 Å². The van der Waals surface area contributed by atoms with E-state index in [-0.39, 0.29) is 17.6 Å². The highest BCUT2D eigenvalue weighted by molar-refractivity contribution is 6.32. The van der Waals surface area contributed by atoms with Crippen LogP contribution in [0.1, 0.15) is 31.9 Å². The summed E-state index contributed by atoms with van der Waals surface area (Å²) in [5, 5.41) is 0.552. The van der Waals surface area contributed by atoms with Crippen LogP contribution in [0.2, 0.25) is 5.02 Å². The molecule has 4 nitrogen and oxygen atoms in total. The summed E-state index contributed by atoms with van der Waals surface area (Å²) in [6.45, 7) is 5.40. The number of morpholine rings is 1. The first-order chi connectivity index (χ1) is 12.5. The van der Waals surface area contributed by atoms with E-state index in [1.807, 2.05) is 61.2 Å². The number of benzene rings is 2. The molecule has 0 aliphatic carbocycles. The number of ether oxygens (including phenoxy) is 2. The molecule has 26 heavy (non-hydrogen) atoms. The van der Waals surface area contributed by atoms with Crippen molar-refractivity contribution in [2.45, 2.75) is 31.9 Å². The van der Waals surface area contributed by atoms with Gasteiger partial charge in [0.2, 0.25) is 5.91 Å². The van der Waals surface area contributed by atoms with Gasteiger partial charge in [-0.1, -0.05) is 54.1 Å². The van der Waals surface area contributed by atoms with E-state index < -0.39 is 0 Å². The fourth-order valence-corrected chi connectivity index (χ4v) is 3.29. The molecule has 2 aromatic carbocycles. The number of hydrogen-bond acceptors (Lipinski definition) is 3. The average Bonchev–Trinajstić information content (AvgIpc) is 2.63. The molecule has 0 saturated carbocycles. The lowest BCUT2D eigenvalue weighted by molar-refractivity contribution is -0.155. The van der Waals surface area contributed by atoms with Gasteiger partial charge < -0.3 is 14.4 Å². The zero-order valence-corrected chi connectivity index (χ0v) is 15.9. The lowest BCUT2D eigenvalue weighted by Crippen LogP contribution is -2.56. The van der Waals surface area contributed by atoms with Gasteiger partial charge in [-0.15, -0.1) is 0 Å². The highest BCUT2D eigenvalue weighted by Gasteiger charge is 2.38. The van der Waals surface area contributed by atoms with Gasteiger partial charge >= 0.3 is 0 Å². The molecule has 1 aliphatic rings. The summed E-state index contributed by atoms with van der Waals surface area (Å²) >= 11 is 6.08. The number of para-hydroxylation sites is 1. The molecule has 0 N–H and O–H groups in total. The summed E-state index contributed by atoms with van der Waals surface area (Å²) < 4.78 is 11.7. The molecule has 1 atom stereocenters. The van der Waals surface area contributed by atoms with Crippen LogP contribution in [0, 0.1) is 0 Å². The van der Waals surface area contributed by atoms with Gasteiger partial charge in [0.05, 0.1) is 36.7 Å². The Balaban J connectivity index is 1.61. The van der Waals surface area contributed by atoms with Crippen molar-refractivity contribution in [3.63, 3.8) is 0 Å². The first-order valence-electron chi connectivity index (χ1n) is 8.82. The molecule has 2 aromatic rings. The van der Waals surface area contributed by atoms with Crippen molar-refractivity contribution in [3.05, 3.63) is 65.2 Å². The molecule has 138 valence electrons. The fraction of sp³-hybridized carbons (Fsp3) is 0.381. The van der Waals surface area contributed by atoms with E-state index in [0.29, 0.717) is 37.0 Å².